The number of methoxy groups -OCH3 is 2. The van der Waals surface area contributed by atoms with E-state index in [0.29, 0.717) is 40.6 Å². The lowest BCUT2D eigenvalue weighted by molar-refractivity contribution is -0.136. The van der Waals surface area contributed by atoms with Gasteiger partial charge in [-0.25, -0.2) is 10.2 Å². The molecular weight excluding hydrogens is 478 g/mol. The number of anilines is 1. The Labute approximate surface area is 214 Å². The molecule has 0 saturated carbocycles. The van der Waals surface area contributed by atoms with Crippen molar-refractivity contribution in [1.82, 2.24) is 5.43 Å². The minimum Gasteiger partial charge on any atom is -0.497 e. The van der Waals surface area contributed by atoms with E-state index in [9.17, 15) is 14.4 Å². The standard InChI is InChI=1S/C27H27N3O7/c1-5-36-21-12-10-20(11-13-21)28-25(31)26(32)30-29-17(2)18-9-14-23(24(16-18)35-4)37-27(33)19-7-6-8-22(15-19)34-3/h6-16H,5H2,1-4H3,(H,28,31)(H,30,32)/b29-17+. The number of nitrogens with zero attached hydrogens (tertiary/aromatic N) is 1. The van der Waals surface area contributed by atoms with Gasteiger partial charge in [-0.1, -0.05) is 6.07 Å². The van der Waals surface area contributed by atoms with E-state index in [1.54, 1.807) is 73.7 Å². The molecule has 0 aliphatic rings. The normalized spacial score (nSPS) is 10.8. The molecule has 10 nitrogen and oxygen atoms in total. The van der Waals surface area contributed by atoms with E-state index in [4.69, 9.17) is 18.9 Å². The molecule has 0 unspecified atom stereocenters. The Hall–Kier alpha value is -4.86. The van der Waals surface area contributed by atoms with E-state index in [1.807, 2.05) is 6.92 Å². The molecule has 192 valence electrons. The maximum atomic E-state index is 12.5. The van der Waals surface area contributed by atoms with E-state index >= 15 is 0 Å². The van der Waals surface area contributed by atoms with Crippen molar-refractivity contribution in [3.63, 3.8) is 0 Å². The molecule has 0 saturated heterocycles. The zero-order valence-electron chi connectivity index (χ0n) is 20.9. The van der Waals surface area contributed by atoms with Gasteiger partial charge in [0.1, 0.15) is 11.5 Å². The predicted molar refractivity (Wildman–Crippen MR) is 138 cm³/mol. The van der Waals surface area contributed by atoms with Crippen LogP contribution in [0.15, 0.2) is 71.8 Å². The summed E-state index contributed by atoms with van der Waals surface area (Å²) in [4.78, 5) is 36.9. The van der Waals surface area contributed by atoms with Gasteiger partial charge in [0.25, 0.3) is 0 Å². The molecule has 0 fully saturated rings. The fraction of sp³-hybridized carbons (Fsp3) is 0.185. The van der Waals surface area contributed by atoms with Crippen LogP contribution in [-0.2, 0) is 9.59 Å². The van der Waals surface area contributed by atoms with Crippen LogP contribution in [0.25, 0.3) is 0 Å². The fourth-order valence-electron chi connectivity index (χ4n) is 3.12. The van der Waals surface area contributed by atoms with E-state index in [-0.39, 0.29) is 11.5 Å². The van der Waals surface area contributed by atoms with Gasteiger partial charge in [0, 0.05) is 11.3 Å². The summed E-state index contributed by atoms with van der Waals surface area (Å²) in [6, 6.07) is 18.0. The minimum absolute atomic E-state index is 0.200. The van der Waals surface area contributed by atoms with Gasteiger partial charge in [0.05, 0.1) is 32.1 Å². The van der Waals surface area contributed by atoms with Crippen molar-refractivity contribution >= 4 is 29.2 Å². The molecule has 2 amide bonds. The summed E-state index contributed by atoms with van der Waals surface area (Å²) < 4.78 is 21.3. The van der Waals surface area contributed by atoms with E-state index < -0.39 is 17.8 Å². The number of carbonyl (C=O) groups excluding carboxylic acids is 3. The van der Waals surface area contributed by atoms with Crippen molar-refractivity contribution in [2.75, 3.05) is 26.1 Å². The molecule has 0 aliphatic heterocycles. The second-order valence-electron chi connectivity index (χ2n) is 7.54. The van der Waals surface area contributed by atoms with Crippen LogP contribution in [0.3, 0.4) is 0 Å². The molecule has 3 aromatic carbocycles. The van der Waals surface area contributed by atoms with Crippen LogP contribution in [0.1, 0.15) is 29.8 Å². The van der Waals surface area contributed by atoms with Crippen molar-refractivity contribution in [2.24, 2.45) is 5.10 Å². The third kappa shape index (κ3) is 7.31. The lowest BCUT2D eigenvalue weighted by Gasteiger charge is -2.11. The third-order valence-corrected chi connectivity index (χ3v) is 5.04. The number of ether oxygens (including phenoxy) is 4. The highest BCUT2D eigenvalue weighted by molar-refractivity contribution is 6.39. The quantitative estimate of drug-likeness (QED) is 0.149. The minimum atomic E-state index is -0.941. The first-order valence-corrected chi connectivity index (χ1v) is 11.3. The number of rotatable bonds is 9. The topological polar surface area (TPSA) is 125 Å². The fourth-order valence-corrected chi connectivity index (χ4v) is 3.12. The first kappa shape index (κ1) is 26.7. The lowest BCUT2D eigenvalue weighted by Crippen LogP contribution is -2.32. The highest BCUT2D eigenvalue weighted by Gasteiger charge is 2.16. The summed E-state index contributed by atoms with van der Waals surface area (Å²) in [5.41, 5.74) is 3.94. The summed E-state index contributed by atoms with van der Waals surface area (Å²) in [7, 11) is 2.94. The van der Waals surface area contributed by atoms with Crippen LogP contribution >= 0.6 is 0 Å². The van der Waals surface area contributed by atoms with Crippen LogP contribution in [0.5, 0.6) is 23.0 Å². The molecule has 3 aromatic rings. The van der Waals surface area contributed by atoms with Crippen LogP contribution < -0.4 is 29.7 Å². The number of carbonyl (C=O) groups is 3. The van der Waals surface area contributed by atoms with Gasteiger partial charge in [-0.2, -0.15) is 5.10 Å². The first-order chi connectivity index (χ1) is 17.8. The molecule has 10 heteroatoms. The molecule has 37 heavy (non-hydrogen) atoms. The smallest absolute Gasteiger partial charge is 0.343 e. The van der Waals surface area contributed by atoms with Crippen LogP contribution in [0.2, 0.25) is 0 Å². The van der Waals surface area contributed by atoms with Crippen molar-refractivity contribution in [3.05, 3.63) is 77.9 Å². The summed E-state index contributed by atoms with van der Waals surface area (Å²) >= 11 is 0. The molecule has 0 radical (unpaired) electrons. The summed E-state index contributed by atoms with van der Waals surface area (Å²) in [5, 5.41) is 6.47. The van der Waals surface area contributed by atoms with Crippen LogP contribution in [0, 0.1) is 0 Å². The monoisotopic (exact) mass is 505 g/mol. The number of hydrazone groups is 1. The number of hydrogen-bond donors (Lipinski definition) is 2. The van der Waals surface area contributed by atoms with Gasteiger partial charge in [-0.15, -0.1) is 0 Å². The molecule has 0 aliphatic carbocycles. The maximum Gasteiger partial charge on any atom is 0.343 e. The molecule has 3 rings (SSSR count). The Kier molecular flexibility index (Phi) is 9.20. The van der Waals surface area contributed by atoms with Crippen LogP contribution in [-0.4, -0.2) is 44.3 Å². The third-order valence-electron chi connectivity index (χ3n) is 5.04. The van der Waals surface area contributed by atoms with Gasteiger partial charge in [-0.05, 0) is 74.5 Å². The molecule has 0 bridgehead atoms. The van der Waals surface area contributed by atoms with E-state index in [1.165, 1.54) is 14.2 Å². The Morgan fingerprint density at radius 1 is 0.811 bits per heavy atom. The van der Waals surface area contributed by atoms with Gasteiger partial charge >= 0.3 is 17.8 Å². The van der Waals surface area contributed by atoms with E-state index in [0.717, 1.165) is 0 Å². The first-order valence-electron chi connectivity index (χ1n) is 11.3. The summed E-state index contributed by atoms with van der Waals surface area (Å²) in [6.07, 6.45) is 0. The largest absolute Gasteiger partial charge is 0.497 e. The Bertz CT molecular complexity index is 1300. The molecule has 0 heterocycles. The molecule has 0 spiro atoms. The van der Waals surface area contributed by atoms with Crippen molar-refractivity contribution in [2.45, 2.75) is 13.8 Å². The van der Waals surface area contributed by atoms with Crippen molar-refractivity contribution in [1.29, 1.82) is 0 Å². The highest BCUT2D eigenvalue weighted by atomic mass is 16.6. The Balaban J connectivity index is 1.63. The molecular formula is C27H27N3O7. The zero-order chi connectivity index (χ0) is 26.8. The van der Waals surface area contributed by atoms with Crippen molar-refractivity contribution in [3.8, 4) is 23.0 Å². The highest BCUT2D eigenvalue weighted by Crippen LogP contribution is 2.29. The van der Waals surface area contributed by atoms with Gasteiger partial charge in [-0.3, -0.25) is 9.59 Å². The maximum absolute atomic E-state index is 12.5. The molecule has 0 atom stereocenters. The summed E-state index contributed by atoms with van der Waals surface area (Å²) in [6.45, 7) is 4.03. The molecule has 2 N–H and O–H groups in total. The van der Waals surface area contributed by atoms with Gasteiger partial charge in [0.2, 0.25) is 0 Å². The Morgan fingerprint density at radius 2 is 1.57 bits per heavy atom. The number of hydrogen-bond acceptors (Lipinski definition) is 8. The van der Waals surface area contributed by atoms with Crippen molar-refractivity contribution < 1.29 is 33.3 Å². The zero-order valence-corrected chi connectivity index (χ0v) is 20.9. The number of benzene rings is 3. The number of amides is 2. The second-order valence-corrected chi connectivity index (χ2v) is 7.54. The second kappa shape index (κ2) is 12.7. The number of nitrogens with one attached hydrogen (secondary N) is 2. The SMILES string of the molecule is CCOc1ccc(NC(=O)C(=O)N/N=C(\C)c2ccc(OC(=O)c3cccc(OC)c3)c(OC)c2)cc1. The lowest BCUT2D eigenvalue weighted by atomic mass is 10.1. The number of esters is 1. The van der Waals surface area contributed by atoms with Crippen LogP contribution in [0.4, 0.5) is 5.69 Å². The molecule has 0 aromatic heterocycles. The average Bonchev–Trinajstić information content (AvgIpc) is 2.92. The summed E-state index contributed by atoms with van der Waals surface area (Å²) in [5.74, 6) is -0.739. The van der Waals surface area contributed by atoms with E-state index in [2.05, 4.69) is 15.8 Å². The predicted octanol–water partition coefficient (Wildman–Crippen LogP) is 3.80. The Morgan fingerprint density at radius 3 is 2.24 bits per heavy atom. The average molecular weight is 506 g/mol. The van der Waals surface area contributed by atoms with Gasteiger partial charge < -0.3 is 24.3 Å². The van der Waals surface area contributed by atoms with Gasteiger partial charge in [0.15, 0.2) is 11.5 Å².